The lowest BCUT2D eigenvalue weighted by Crippen LogP contribution is -2.46. The quantitative estimate of drug-likeness (QED) is 0.235. The van der Waals surface area contributed by atoms with Crippen LogP contribution in [0, 0.1) is 0 Å². The van der Waals surface area contributed by atoms with Crippen molar-refractivity contribution in [1.29, 1.82) is 0 Å². The van der Waals surface area contributed by atoms with E-state index in [0.29, 0.717) is 21.6 Å². The number of methoxy groups -OCH3 is 1. The lowest BCUT2D eigenvalue weighted by Gasteiger charge is -2.16. The number of benzene rings is 3. The summed E-state index contributed by atoms with van der Waals surface area (Å²) in [5.41, 5.74) is 4.33. The molecule has 2 N–H and O–H groups in total. The SMILES string of the molecule is COC(=O)Cn1c(=O)c(C(=O)COC(=O)c2ccc(Oc3ccccc3)cc2)c(N)n(Cc2ccccc2)c1=O. The Bertz CT molecular complexity index is 1640. The molecule has 11 heteroatoms. The maximum Gasteiger partial charge on any atom is 0.338 e. The van der Waals surface area contributed by atoms with Crippen molar-refractivity contribution in [2.75, 3.05) is 19.5 Å². The first-order valence-electron chi connectivity index (χ1n) is 12.1. The molecular weight excluding hydrogens is 518 g/mol. The topological polar surface area (TPSA) is 149 Å². The molecule has 0 unspecified atom stereocenters. The minimum absolute atomic E-state index is 0.0789. The number of rotatable bonds is 10. The molecule has 0 saturated heterocycles. The van der Waals surface area contributed by atoms with Gasteiger partial charge in [-0.2, -0.15) is 0 Å². The molecule has 0 amide bonds. The number of para-hydroxylation sites is 1. The van der Waals surface area contributed by atoms with Crippen LogP contribution in [0.1, 0.15) is 26.3 Å². The Morgan fingerprint density at radius 1 is 0.800 bits per heavy atom. The Morgan fingerprint density at radius 3 is 2.02 bits per heavy atom. The fourth-order valence-corrected chi connectivity index (χ4v) is 3.80. The van der Waals surface area contributed by atoms with Crippen LogP contribution in [0.2, 0.25) is 0 Å². The molecule has 0 bridgehead atoms. The van der Waals surface area contributed by atoms with Gasteiger partial charge in [0, 0.05) is 0 Å². The molecule has 3 aromatic carbocycles. The van der Waals surface area contributed by atoms with Gasteiger partial charge in [0.15, 0.2) is 6.61 Å². The molecule has 1 heterocycles. The molecule has 40 heavy (non-hydrogen) atoms. The van der Waals surface area contributed by atoms with Crippen molar-refractivity contribution < 1.29 is 28.6 Å². The zero-order valence-electron chi connectivity index (χ0n) is 21.4. The summed E-state index contributed by atoms with van der Waals surface area (Å²) in [6.07, 6.45) is 0. The van der Waals surface area contributed by atoms with Crippen LogP contribution in [0.25, 0.3) is 0 Å². The minimum Gasteiger partial charge on any atom is -0.468 e. The number of Topliss-reactive ketones (excluding diaryl/α,β-unsaturated/α-hetero) is 1. The first-order chi connectivity index (χ1) is 19.3. The Balaban J connectivity index is 1.55. The van der Waals surface area contributed by atoms with Crippen LogP contribution in [-0.2, 0) is 27.4 Å². The summed E-state index contributed by atoms with van der Waals surface area (Å²) in [6.45, 7) is -1.65. The van der Waals surface area contributed by atoms with Gasteiger partial charge in [-0.25, -0.2) is 14.2 Å². The fourth-order valence-electron chi connectivity index (χ4n) is 3.80. The number of hydrogen-bond donors (Lipinski definition) is 1. The van der Waals surface area contributed by atoms with Gasteiger partial charge < -0.3 is 19.9 Å². The maximum absolute atomic E-state index is 13.1. The second-order valence-electron chi connectivity index (χ2n) is 8.52. The van der Waals surface area contributed by atoms with Gasteiger partial charge in [0.1, 0.15) is 29.4 Å². The van der Waals surface area contributed by atoms with Gasteiger partial charge in [0.25, 0.3) is 5.56 Å². The zero-order chi connectivity index (χ0) is 28.6. The number of aromatic nitrogens is 2. The van der Waals surface area contributed by atoms with E-state index in [2.05, 4.69) is 4.74 Å². The van der Waals surface area contributed by atoms with Crippen LogP contribution in [0.5, 0.6) is 11.5 Å². The molecule has 4 aromatic rings. The molecule has 0 spiro atoms. The third kappa shape index (κ3) is 6.33. The van der Waals surface area contributed by atoms with Crippen LogP contribution in [0.3, 0.4) is 0 Å². The Labute approximate surface area is 228 Å². The molecule has 0 saturated carbocycles. The largest absolute Gasteiger partial charge is 0.468 e. The third-order valence-corrected chi connectivity index (χ3v) is 5.85. The number of ketones is 1. The molecule has 0 atom stereocenters. The van der Waals surface area contributed by atoms with Gasteiger partial charge in [0.2, 0.25) is 5.78 Å². The Morgan fingerprint density at radius 2 is 1.40 bits per heavy atom. The fraction of sp³-hybridized carbons (Fsp3) is 0.138. The van der Waals surface area contributed by atoms with Gasteiger partial charge in [-0.15, -0.1) is 0 Å². The van der Waals surface area contributed by atoms with Gasteiger partial charge in [0.05, 0.1) is 19.2 Å². The summed E-state index contributed by atoms with van der Waals surface area (Å²) in [5, 5.41) is 0. The number of nitrogen functional groups attached to an aromatic ring is 1. The van der Waals surface area contributed by atoms with E-state index in [0.717, 1.165) is 11.7 Å². The predicted molar refractivity (Wildman–Crippen MR) is 145 cm³/mol. The first kappa shape index (κ1) is 27.6. The molecule has 204 valence electrons. The van der Waals surface area contributed by atoms with E-state index < -0.39 is 53.5 Å². The van der Waals surface area contributed by atoms with Crippen molar-refractivity contribution >= 4 is 23.5 Å². The molecule has 11 nitrogen and oxygen atoms in total. The highest BCUT2D eigenvalue weighted by molar-refractivity contribution is 6.02. The summed E-state index contributed by atoms with van der Waals surface area (Å²) < 4.78 is 17.0. The van der Waals surface area contributed by atoms with Crippen molar-refractivity contribution in [3.63, 3.8) is 0 Å². The second-order valence-corrected chi connectivity index (χ2v) is 8.52. The average Bonchev–Trinajstić information content (AvgIpc) is 2.97. The molecular formula is C29H25N3O8. The highest BCUT2D eigenvalue weighted by atomic mass is 16.5. The monoisotopic (exact) mass is 543 g/mol. The summed E-state index contributed by atoms with van der Waals surface area (Å²) >= 11 is 0. The highest BCUT2D eigenvalue weighted by Crippen LogP contribution is 2.21. The average molecular weight is 544 g/mol. The van der Waals surface area contributed by atoms with E-state index in [1.54, 1.807) is 54.6 Å². The zero-order valence-corrected chi connectivity index (χ0v) is 21.4. The van der Waals surface area contributed by atoms with Crippen LogP contribution >= 0.6 is 0 Å². The maximum atomic E-state index is 13.1. The summed E-state index contributed by atoms with van der Waals surface area (Å²) in [7, 11) is 1.10. The van der Waals surface area contributed by atoms with Crippen LogP contribution < -0.4 is 21.7 Å². The molecule has 1 aromatic heterocycles. The molecule has 0 fully saturated rings. The van der Waals surface area contributed by atoms with E-state index in [-0.39, 0.29) is 12.1 Å². The number of hydrogen-bond acceptors (Lipinski definition) is 9. The molecule has 4 rings (SSSR count). The number of esters is 2. The van der Waals surface area contributed by atoms with Crippen LogP contribution in [0.15, 0.2) is 94.5 Å². The number of carbonyl (C=O) groups excluding carboxylic acids is 3. The standard InChI is InChI=1S/C29H25N3O8/c1-38-24(34)17-32-27(35)25(26(30)31(29(32)37)16-19-8-4-2-5-9-19)23(33)18-39-28(36)20-12-14-22(15-13-20)40-21-10-6-3-7-11-21/h2-15H,16-18,30H2,1H3. The Hall–Kier alpha value is -5.45. The Kier molecular flexibility index (Phi) is 8.55. The number of anilines is 1. The summed E-state index contributed by atoms with van der Waals surface area (Å²) in [5.74, 6) is -1.96. The van der Waals surface area contributed by atoms with E-state index >= 15 is 0 Å². The number of nitrogens with zero attached hydrogens (tertiary/aromatic N) is 2. The van der Waals surface area contributed by atoms with Crippen LogP contribution in [-0.4, -0.2) is 40.6 Å². The number of nitrogens with two attached hydrogens (primary N) is 1. The number of ether oxygens (including phenoxy) is 3. The van der Waals surface area contributed by atoms with Crippen molar-refractivity contribution in [3.8, 4) is 11.5 Å². The van der Waals surface area contributed by atoms with E-state index in [1.165, 1.54) is 12.1 Å². The van der Waals surface area contributed by atoms with E-state index in [1.807, 2.05) is 18.2 Å². The first-order valence-corrected chi connectivity index (χ1v) is 12.1. The molecule has 0 aliphatic heterocycles. The summed E-state index contributed by atoms with van der Waals surface area (Å²) in [6, 6.07) is 23.8. The lowest BCUT2D eigenvalue weighted by atomic mass is 10.1. The highest BCUT2D eigenvalue weighted by Gasteiger charge is 2.25. The smallest absolute Gasteiger partial charge is 0.338 e. The van der Waals surface area contributed by atoms with Crippen molar-refractivity contribution in [3.05, 3.63) is 122 Å². The minimum atomic E-state index is -1.10. The van der Waals surface area contributed by atoms with Gasteiger partial charge in [-0.1, -0.05) is 48.5 Å². The number of carbonyl (C=O) groups is 3. The second kappa shape index (κ2) is 12.4. The predicted octanol–water partition coefficient (Wildman–Crippen LogP) is 2.65. The lowest BCUT2D eigenvalue weighted by molar-refractivity contribution is -0.141. The van der Waals surface area contributed by atoms with Crippen molar-refractivity contribution in [2.45, 2.75) is 13.1 Å². The molecule has 0 radical (unpaired) electrons. The van der Waals surface area contributed by atoms with E-state index in [4.69, 9.17) is 15.2 Å². The van der Waals surface area contributed by atoms with Crippen molar-refractivity contribution in [1.82, 2.24) is 9.13 Å². The van der Waals surface area contributed by atoms with E-state index in [9.17, 15) is 24.0 Å². The normalized spacial score (nSPS) is 10.5. The molecule has 0 aliphatic carbocycles. The van der Waals surface area contributed by atoms with Gasteiger partial charge in [-0.05, 0) is 42.0 Å². The van der Waals surface area contributed by atoms with Gasteiger partial charge in [-0.3, -0.25) is 19.0 Å². The van der Waals surface area contributed by atoms with Gasteiger partial charge >= 0.3 is 17.6 Å². The van der Waals surface area contributed by atoms with Crippen molar-refractivity contribution in [2.24, 2.45) is 0 Å². The third-order valence-electron chi connectivity index (χ3n) is 5.85. The molecule has 0 aliphatic rings. The summed E-state index contributed by atoms with van der Waals surface area (Å²) in [4.78, 5) is 63.7. The van der Waals surface area contributed by atoms with Crippen LogP contribution in [0.4, 0.5) is 5.82 Å².